The third-order valence-electron chi connectivity index (χ3n) is 2.69. The van der Waals surface area contributed by atoms with E-state index in [2.05, 4.69) is 15.5 Å². The molecular weight excluding hydrogens is 278 g/mol. The van der Waals surface area contributed by atoms with Crippen molar-refractivity contribution in [3.8, 4) is 0 Å². The number of hydrogen-bond donors (Lipinski definition) is 1. The predicted octanol–water partition coefficient (Wildman–Crippen LogP) is 2.17. The first-order chi connectivity index (χ1) is 9.53. The minimum Gasteiger partial charge on any atom is -0.375 e. The quantitative estimate of drug-likeness (QED) is 0.879. The van der Waals surface area contributed by atoms with Gasteiger partial charge in [-0.05, 0) is 25.5 Å². The lowest BCUT2D eigenvalue weighted by atomic mass is 10.3. The first kappa shape index (κ1) is 14.5. The van der Waals surface area contributed by atoms with Gasteiger partial charge in [-0.15, -0.1) is 0 Å². The topological polar surface area (TPSA) is 85.1 Å². The second kappa shape index (κ2) is 6.04. The Morgan fingerprint density at radius 2 is 2.05 bits per heavy atom. The molecule has 0 aliphatic rings. The van der Waals surface area contributed by atoms with Crippen LogP contribution in [0.1, 0.15) is 25.1 Å². The molecule has 1 aromatic heterocycles. The Bertz CT molecular complexity index is 680. The largest absolute Gasteiger partial charge is 0.375 e. The van der Waals surface area contributed by atoms with Gasteiger partial charge in [-0.1, -0.05) is 24.2 Å². The summed E-state index contributed by atoms with van der Waals surface area (Å²) < 4.78 is 29.3. The van der Waals surface area contributed by atoms with Gasteiger partial charge in [0.25, 0.3) is 0 Å². The average Bonchev–Trinajstić information content (AvgIpc) is 2.82. The molecule has 0 saturated heterocycles. The smallest absolute Gasteiger partial charge is 0.245 e. The van der Waals surface area contributed by atoms with Gasteiger partial charge in [0.05, 0.1) is 22.9 Å². The van der Waals surface area contributed by atoms with E-state index in [1.54, 1.807) is 31.2 Å². The summed E-state index contributed by atoms with van der Waals surface area (Å²) in [6.45, 7) is 3.86. The molecule has 108 valence electrons. The fourth-order valence-corrected chi connectivity index (χ4v) is 3.36. The standard InChI is InChI=1S/C13H17N3O3S/c1-3-8-20(17,18)12-7-5-4-6-11(12)14-9-13-15-10(2)16-19-13/h4-7,14H,3,8-9H2,1-2H3. The van der Waals surface area contributed by atoms with Crippen molar-refractivity contribution in [3.05, 3.63) is 36.0 Å². The van der Waals surface area contributed by atoms with Crippen molar-refractivity contribution in [1.29, 1.82) is 0 Å². The number of nitrogens with one attached hydrogen (secondary N) is 1. The van der Waals surface area contributed by atoms with E-state index in [9.17, 15) is 8.42 Å². The van der Waals surface area contributed by atoms with Gasteiger partial charge in [0.1, 0.15) is 0 Å². The Labute approximate surface area is 118 Å². The van der Waals surface area contributed by atoms with Gasteiger partial charge in [-0.25, -0.2) is 8.42 Å². The summed E-state index contributed by atoms with van der Waals surface area (Å²) in [7, 11) is -3.27. The van der Waals surface area contributed by atoms with E-state index < -0.39 is 9.84 Å². The van der Waals surface area contributed by atoms with Gasteiger partial charge in [-0.2, -0.15) is 4.98 Å². The van der Waals surface area contributed by atoms with Crippen LogP contribution in [0.5, 0.6) is 0 Å². The number of nitrogens with zero attached hydrogens (tertiary/aromatic N) is 2. The van der Waals surface area contributed by atoms with Gasteiger partial charge in [0.2, 0.25) is 5.89 Å². The van der Waals surface area contributed by atoms with E-state index in [1.807, 2.05) is 6.92 Å². The van der Waals surface area contributed by atoms with Gasteiger partial charge < -0.3 is 9.84 Å². The van der Waals surface area contributed by atoms with Crippen LogP contribution in [0.3, 0.4) is 0 Å². The highest BCUT2D eigenvalue weighted by molar-refractivity contribution is 7.91. The molecule has 0 aliphatic heterocycles. The molecule has 0 aliphatic carbocycles. The van der Waals surface area contributed by atoms with E-state index in [0.29, 0.717) is 35.3 Å². The molecule has 1 aromatic carbocycles. The molecule has 7 heteroatoms. The van der Waals surface area contributed by atoms with E-state index in [4.69, 9.17) is 4.52 Å². The van der Waals surface area contributed by atoms with E-state index in [-0.39, 0.29) is 5.75 Å². The van der Waals surface area contributed by atoms with E-state index in [1.165, 1.54) is 0 Å². The number of aromatic nitrogens is 2. The van der Waals surface area contributed by atoms with Crippen LogP contribution in [0.25, 0.3) is 0 Å². The SMILES string of the molecule is CCCS(=O)(=O)c1ccccc1NCc1nc(C)no1. The molecule has 0 radical (unpaired) electrons. The Hall–Kier alpha value is -1.89. The summed E-state index contributed by atoms with van der Waals surface area (Å²) in [5.41, 5.74) is 0.553. The minimum atomic E-state index is -3.27. The molecular formula is C13H17N3O3S. The summed E-state index contributed by atoms with van der Waals surface area (Å²) in [4.78, 5) is 4.37. The van der Waals surface area contributed by atoms with Crippen molar-refractivity contribution in [3.63, 3.8) is 0 Å². The second-order valence-corrected chi connectivity index (χ2v) is 6.48. The predicted molar refractivity (Wildman–Crippen MR) is 75.1 cm³/mol. The summed E-state index contributed by atoms with van der Waals surface area (Å²) in [6.07, 6.45) is 0.583. The molecule has 1 N–H and O–H groups in total. The molecule has 2 rings (SSSR count). The molecule has 0 bridgehead atoms. The zero-order chi connectivity index (χ0) is 14.6. The molecule has 1 heterocycles. The number of aryl methyl sites for hydroxylation is 1. The number of anilines is 1. The molecule has 6 nitrogen and oxygen atoms in total. The summed E-state index contributed by atoms with van der Waals surface area (Å²) in [6, 6.07) is 6.83. The van der Waals surface area contributed by atoms with Crippen molar-refractivity contribution in [2.45, 2.75) is 31.7 Å². The number of rotatable bonds is 6. The van der Waals surface area contributed by atoms with Gasteiger partial charge in [0.15, 0.2) is 15.7 Å². The van der Waals surface area contributed by atoms with Crippen LogP contribution in [-0.2, 0) is 16.4 Å². The van der Waals surface area contributed by atoms with Crippen molar-refractivity contribution < 1.29 is 12.9 Å². The highest BCUT2D eigenvalue weighted by atomic mass is 32.2. The highest BCUT2D eigenvalue weighted by Gasteiger charge is 2.17. The maximum atomic E-state index is 12.2. The Kier molecular flexibility index (Phi) is 4.39. The van der Waals surface area contributed by atoms with E-state index >= 15 is 0 Å². The molecule has 0 saturated carbocycles. The number of sulfone groups is 1. The molecule has 0 unspecified atom stereocenters. The number of para-hydroxylation sites is 1. The highest BCUT2D eigenvalue weighted by Crippen LogP contribution is 2.23. The van der Waals surface area contributed by atoms with Gasteiger partial charge in [-0.3, -0.25) is 0 Å². The summed E-state index contributed by atoms with van der Waals surface area (Å²) in [5.74, 6) is 1.10. The zero-order valence-corrected chi connectivity index (χ0v) is 12.3. The molecule has 0 fully saturated rings. The van der Waals surface area contributed by atoms with Crippen LogP contribution in [0.15, 0.2) is 33.7 Å². The van der Waals surface area contributed by atoms with Crippen LogP contribution in [0.2, 0.25) is 0 Å². The first-order valence-corrected chi connectivity index (χ1v) is 8.03. The lowest BCUT2D eigenvalue weighted by molar-refractivity contribution is 0.379. The summed E-state index contributed by atoms with van der Waals surface area (Å²) in [5, 5.41) is 6.72. The Balaban J connectivity index is 2.20. The van der Waals surface area contributed by atoms with Crippen LogP contribution in [0, 0.1) is 6.92 Å². The van der Waals surface area contributed by atoms with Crippen molar-refractivity contribution in [2.75, 3.05) is 11.1 Å². The molecule has 0 atom stereocenters. The third-order valence-corrected chi connectivity index (χ3v) is 4.67. The fraction of sp³-hybridized carbons (Fsp3) is 0.385. The Morgan fingerprint density at radius 1 is 1.30 bits per heavy atom. The van der Waals surface area contributed by atoms with Crippen LogP contribution >= 0.6 is 0 Å². The number of benzene rings is 1. The van der Waals surface area contributed by atoms with Crippen molar-refractivity contribution in [1.82, 2.24) is 10.1 Å². The summed E-state index contributed by atoms with van der Waals surface area (Å²) >= 11 is 0. The molecule has 0 amide bonds. The third kappa shape index (κ3) is 3.36. The molecule has 2 aromatic rings. The number of hydrogen-bond acceptors (Lipinski definition) is 6. The maximum absolute atomic E-state index is 12.2. The maximum Gasteiger partial charge on any atom is 0.245 e. The molecule has 0 spiro atoms. The minimum absolute atomic E-state index is 0.130. The molecule has 20 heavy (non-hydrogen) atoms. The average molecular weight is 295 g/mol. The van der Waals surface area contributed by atoms with Crippen LogP contribution in [0.4, 0.5) is 5.69 Å². The van der Waals surface area contributed by atoms with Crippen LogP contribution < -0.4 is 5.32 Å². The van der Waals surface area contributed by atoms with Crippen molar-refractivity contribution in [2.24, 2.45) is 0 Å². The van der Waals surface area contributed by atoms with Crippen LogP contribution in [-0.4, -0.2) is 24.3 Å². The lowest BCUT2D eigenvalue weighted by Gasteiger charge is -2.10. The van der Waals surface area contributed by atoms with Crippen molar-refractivity contribution >= 4 is 15.5 Å². The fourth-order valence-electron chi connectivity index (χ4n) is 1.85. The first-order valence-electron chi connectivity index (χ1n) is 6.38. The Morgan fingerprint density at radius 3 is 2.70 bits per heavy atom. The zero-order valence-electron chi connectivity index (χ0n) is 11.5. The van der Waals surface area contributed by atoms with Gasteiger partial charge in [0, 0.05) is 0 Å². The van der Waals surface area contributed by atoms with E-state index in [0.717, 1.165) is 0 Å². The second-order valence-electron chi connectivity index (χ2n) is 4.40. The monoisotopic (exact) mass is 295 g/mol. The normalized spacial score (nSPS) is 11.5. The lowest BCUT2D eigenvalue weighted by Crippen LogP contribution is -2.10. The van der Waals surface area contributed by atoms with Gasteiger partial charge >= 0.3 is 0 Å².